The highest BCUT2D eigenvalue weighted by atomic mass is 35.6. The van der Waals surface area contributed by atoms with Gasteiger partial charge in [-0.05, 0) is 35.3 Å². The summed E-state index contributed by atoms with van der Waals surface area (Å²) in [5.41, 5.74) is 1.31. The fraction of sp³-hybridized carbons (Fsp3) is 0.143. The van der Waals surface area contributed by atoms with Crippen LogP contribution in [0.1, 0.15) is 5.56 Å². The maximum absolute atomic E-state index is 6.50. The molecule has 17 heavy (non-hydrogen) atoms. The lowest BCUT2D eigenvalue weighted by molar-refractivity contribution is 1.12. The van der Waals surface area contributed by atoms with Crippen LogP contribution in [0.4, 0.5) is 0 Å². The maximum atomic E-state index is 6.50. The molecule has 2 rings (SSSR count). The third-order valence-electron chi connectivity index (χ3n) is 2.76. The predicted octanol–water partition coefficient (Wildman–Crippen LogP) is 3.75. The average Bonchev–Trinajstić information content (AvgIpc) is 2.39. The summed E-state index contributed by atoms with van der Waals surface area (Å²) in [6.45, 7) is 0. The minimum atomic E-state index is -1.30. The molecular formula is C14H14Cl2Si. The summed E-state index contributed by atoms with van der Waals surface area (Å²) in [6, 6.07) is 19.5. The molecule has 0 nitrogen and oxygen atoms in total. The molecule has 1 atom stereocenters. The Balaban J connectivity index is 1.92. The molecule has 0 N–H and O–H groups in total. The second kappa shape index (κ2) is 6.25. The van der Waals surface area contributed by atoms with Crippen molar-refractivity contribution in [3.63, 3.8) is 0 Å². The fourth-order valence-corrected chi connectivity index (χ4v) is 4.22. The second-order valence-corrected chi connectivity index (χ2v) is 8.24. The van der Waals surface area contributed by atoms with E-state index >= 15 is 0 Å². The van der Waals surface area contributed by atoms with Crippen molar-refractivity contribution in [1.82, 2.24) is 0 Å². The Morgan fingerprint density at radius 3 is 2.18 bits per heavy atom. The number of halogens is 2. The van der Waals surface area contributed by atoms with Crippen LogP contribution < -0.4 is 5.19 Å². The molecule has 0 saturated carbocycles. The van der Waals surface area contributed by atoms with Crippen LogP contribution in [0.25, 0.3) is 0 Å². The van der Waals surface area contributed by atoms with Gasteiger partial charge >= 0.3 is 0 Å². The standard InChI is InChI=1S/C14H14Cl2Si/c15-13-8-6-12(7-9-13)10-11-17(16)14-4-2-1-3-5-14/h1-9,17H,10-11H2. The quantitative estimate of drug-likeness (QED) is 0.591. The molecule has 0 aliphatic carbocycles. The zero-order chi connectivity index (χ0) is 12.1. The van der Waals surface area contributed by atoms with Gasteiger partial charge in [0.2, 0.25) is 0 Å². The highest BCUT2D eigenvalue weighted by Crippen LogP contribution is 2.12. The lowest BCUT2D eigenvalue weighted by Crippen LogP contribution is -2.23. The van der Waals surface area contributed by atoms with Gasteiger partial charge < -0.3 is 0 Å². The van der Waals surface area contributed by atoms with Crippen LogP contribution in [-0.2, 0) is 6.42 Å². The van der Waals surface area contributed by atoms with E-state index in [1.165, 1.54) is 10.8 Å². The third kappa shape index (κ3) is 3.88. The van der Waals surface area contributed by atoms with Crippen molar-refractivity contribution in [2.45, 2.75) is 12.5 Å². The van der Waals surface area contributed by atoms with Gasteiger partial charge in [0, 0.05) is 5.02 Å². The van der Waals surface area contributed by atoms with Gasteiger partial charge in [-0.25, -0.2) is 0 Å². The van der Waals surface area contributed by atoms with E-state index in [1.807, 2.05) is 18.2 Å². The molecule has 3 heteroatoms. The molecule has 0 saturated heterocycles. The van der Waals surface area contributed by atoms with Crippen molar-refractivity contribution in [1.29, 1.82) is 0 Å². The summed E-state index contributed by atoms with van der Waals surface area (Å²) in [4.78, 5) is 0. The second-order valence-electron chi connectivity index (χ2n) is 4.04. The van der Waals surface area contributed by atoms with Crippen molar-refractivity contribution < 1.29 is 0 Å². The van der Waals surface area contributed by atoms with E-state index in [-0.39, 0.29) is 0 Å². The van der Waals surface area contributed by atoms with Gasteiger partial charge in [-0.1, -0.05) is 54.1 Å². The Morgan fingerprint density at radius 1 is 0.882 bits per heavy atom. The first-order valence-corrected chi connectivity index (χ1v) is 9.21. The molecule has 0 bridgehead atoms. The summed E-state index contributed by atoms with van der Waals surface area (Å²) in [6.07, 6.45) is 1.03. The van der Waals surface area contributed by atoms with Gasteiger partial charge in [0.05, 0.1) is 0 Å². The average molecular weight is 281 g/mol. The molecule has 1 unspecified atom stereocenters. The molecule has 0 aliphatic heterocycles. The summed E-state index contributed by atoms with van der Waals surface area (Å²) in [5.74, 6) is 0. The minimum absolute atomic E-state index is 0.788. The highest BCUT2D eigenvalue weighted by Gasteiger charge is 2.09. The molecule has 0 amide bonds. The van der Waals surface area contributed by atoms with Gasteiger partial charge in [0.1, 0.15) is 0 Å². The van der Waals surface area contributed by atoms with E-state index in [0.29, 0.717) is 0 Å². The number of aryl methyl sites for hydroxylation is 1. The van der Waals surface area contributed by atoms with E-state index in [0.717, 1.165) is 17.5 Å². The van der Waals surface area contributed by atoms with E-state index in [2.05, 4.69) is 36.4 Å². The third-order valence-corrected chi connectivity index (χ3v) is 6.33. The first kappa shape index (κ1) is 12.7. The van der Waals surface area contributed by atoms with Gasteiger partial charge in [0.25, 0.3) is 0 Å². The van der Waals surface area contributed by atoms with Crippen LogP contribution in [0.3, 0.4) is 0 Å². The van der Waals surface area contributed by atoms with Crippen molar-refractivity contribution in [3.8, 4) is 0 Å². The Kier molecular flexibility index (Phi) is 4.66. The summed E-state index contributed by atoms with van der Waals surface area (Å²) < 4.78 is 0. The van der Waals surface area contributed by atoms with Crippen LogP contribution in [0.2, 0.25) is 11.1 Å². The van der Waals surface area contributed by atoms with Crippen LogP contribution in [0.5, 0.6) is 0 Å². The number of hydrogen-bond donors (Lipinski definition) is 0. The van der Waals surface area contributed by atoms with Crippen LogP contribution >= 0.6 is 22.7 Å². The number of hydrogen-bond acceptors (Lipinski definition) is 0. The van der Waals surface area contributed by atoms with Crippen molar-refractivity contribution in [2.75, 3.05) is 0 Å². The lowest BCUT2D eigenvalue weighted by Gasteiger charge is -2.07. The first-order valence-electron chi connectivity index (χ1n) is 5.69. The van der Waals surface area contributed by atoms with E-state index in [9.17, 15) is 0 Å². The lowest BCUT2D eigenvalue weighted by atomic mass is 10.2. The Bertz CT molecular complexity index is 453. The zero-order valence-corrected chi connectivity index (χ0v) is 12.1. The summed E-state index contributed by atoms with van der Waals surface area (Å²) >= 11 is 12.4. The normalized spacial score (nSPS) is 12.4. The molecule has 0 spiro atoms. The van der Waals surface area contributed by atoms with Crippen molar-refractivity contribution in [2.24, 2.45) is 0 Å². The van der Waals surface area contributed by atoms with E-state index in [1.54, 1.807) is 0 Å². The maximum Gasteiger partial charge on any atom is 0.171 e. The van der Waals surface area contributed by atoms with Crippen molar-refractivity contribution >= 4 is 36.0 Å². The molecule has 0 aromatic heterocycles. The van der Waals surface area contributed by atoms with Crippen LogP contribution in [0, 0.1) is 0 Å². The van der Waals surface area contributed by atoms with Gasteiger partial charge in [-0.2, -0.15) is 11.1 Å². The van der Waals surface area contributed by atoms with Gasteiger partial charge in [-0.3, -0.25) is 0 Å². The Labute approximate surface area is 114 Å². The molecule has 2 aromatic rings. The fourth-order valence-electron chi connectivity index (χ4n) is 1.77. The minimum Gasteiger partial charge on any atom is -0.165 e. The van der Waals surface area contributed by atoms with Gasteiger partial charge in [0.15, 0.2) is 8.11 Å². The highest BCUT2D eigenvalue weighted by molar-refractivity contribution is 7.14. The number of benzene rings is 2. The Hall–Kier alpha value is -0.763. The summed E-state index contributed by atoms with van der Waals surface area (Å²) in [7, 11) is -1.30. The zero-order valence-electron chi connectivity index (χ0n) is 9.44. The molecule has 0 fully saturated rings. The molecule has 0 radical (unpaired) electrons. The molecule has 2 aromatic carbocycles. The molecule has 0 heterocycles. The largest absolute Gasteiger partial charge is 0.171 e. The van der Waals surface area contributed by atoms with Crippen LogP contribution in [0.15, 0.2) is 54.6 Å². The van der Waals surface area contributed by atoms with Crippen molar-refractivity contribution in [3.05, 3.63) is 65.2 Å². The SMILES string of the molecule is Clc1ccc(CC[SiH](Cl)c2ccccc2)cc1. The first-order chi connectivity index (χ1) is 8.25. The smallest absolute Gasteiger partial charge is 0.165 e. The topological polar surface area (TPSA) is 0 Å². The number of rotatable bonds is 4. The van der Waals surface area contributed by atoms with Gasteiger partial charge in [-0.15, -0.1) is 0 Å². The van der Waals surface area contributed by atoms with E-state index in [4.69, 9.17) is 22.7 Å². The molecule has 0 aliphatic rings. The summed E-state index contributed by atoms with van der Waals surface area (Å²) in [5, 5.41) is 2.11. The molecular weight excluding hydrogens is 267 g/mol. The van der Waals surface area contributed by atoms with E-state index < -0.39 is 8.11 Å². The Morgan fingerprint density at radius 2 is 1.53 bits per heavy atom. The predicted molar refractivity (Wildman–Crippen MR) is 79.0 cm³/mol. The van der Waals surface area contributed by atoms with Crippen LogP contribution in [-0.4, -0.2) is 8.11 Å². The monoisotopic (exact) mass is 280 g/mol. The molecule has 88 valence electrons.